The average Bonchev–Trinajstić information content (AvgIpc) is 2.62. The van der Waals surface area contributed by atoms with Gasteiger partial charge in [-0.05, 0) is 48.1 Å². The van der Waals surface area contributed by atoms with Gasteiger partial charge in [-0.2, -0.15) is 5.10 Å². The molecule has 0 saturated carbocycles. The number of rotatable bonds is 4. The van der Waals surface area contributed by atoms with Gasteiger partial charge >= 0.3 is 0 Å². The molecular weight excluding hydrogens is 356 g/mol. The Morgan fingerprint density at radius 1 is 1.08 bits per heavy atom. The molecule has 0 aromatic heterocycles. The van der Waals surface area contributed by atoms with Crippen LogP contribution in [0.1, 0.15) is 5.56 Å². The van der Waals surface area contributed by atoms with Gasteiger partial charge in [0, 0.05) is 31.9 Å². The molecule has 2 aromatic carbocycles. The van der Waals surface area contributed by atoms with Gasteiger partial charge < -0.3 is 15.5 Å². The summed E-state index contributed by atoms with van der Waals surface area (Å²) >= 11 is 4.64. The minimum Gasteiger partial charge on any atom is -0.375 e. The molecule has 26 heavy (non-hydrogen) atoms. The third kappa shape index (κ3) is 4.45. The van der Waals surface area contributed by atoms with E-state index >= 15 is 0 Å². The lowest BCUT2D eigenvalue weighted by Crippen LogP contribution is -2.46. The SMILES string of the molecule is NC(=S)NN=Cc1ccc(N2CCN(c3cccc(F)c3)CC2)c(F)c1. The van der Waals surface area contributed by atoms with Gasteiger partial charge in [0.2, 0.25) is 0 Å². The highest BCUT2D eigenvalue weighted by Gasteiger charge is 2.20. The number of thiocarbonyl (C=S) groups is 1. The van der Waals surface area contributed by atoms with Crippen molar-refractivity contribution >= 4 is 34.9 Å². The fourth-order valence-corrected chi connectivity index (χ4v) is 2.96. The number of anilines is 2. The van der Waals surface area contributed by atoms with Gasteiger partial charge in [-0.15, -0.1) is 0 Å². The summed E-state index contributed by atoms with van der Waals surface area (Å²) in [5, 5.41) is 3.87. The van der Waals surface area contributed by atoms with Gasteiger partial charge in [-0.1, -0.05) is 12.1 Å². The van der Waals surface area contributed by atoms with Crippen molar-refractivity contribution in [3.8, 4) is 0 Å². The molecule has 2 aromatic rings. The standard InChI is InChI=1S/C18H19F2N5S/c19-14-2-1-3-15(11-14)24-6-8-25(9-7-24)17-5-4-13(10-16(17)20)12-22-23-18(21)26/h1-5,10-12H,6-9H2,(H3,21,23,26). The minimum absolute atomic E-state index is 0.0505. The van der Waals surface area contributed by atoms with E-state index in [1.54, 1.807) is 18.2 Å². The first kappa shape index (κ1) is 18.1. The number of hydrogen-bond donors (Lipinski definition) is 2. The molecule has 1 heterocycles. The van der Waals surface area contributed by atoms with E-state index in [0.717, 1.165) is 5.69 Å². The molecular formula is C18H19F2N5S. The fraction of sp³-hybridized carbons (Fsp3) is 0.222. The normalized spacial score (nSPS) is 14.7. The number of nitrogens with two attached hydrogens (primary N) is 1. The third-order valence-electron chi connectivity index (χ3n) is 4.15. The molecule has 0 radical (unpaired) electrons. The number of hydrazone groups is 1. The summed E-state index contributed by atoms with van der Waals surface area (Å²) in [5.74, 6) is -0.568. The van der Waals surface area contributed by atoms with Crippen molar-refractivity contribution in [3.63, 3.8) is 0 Å². The smallest absolute Gasteiger partial charge is 0.184 e. The third-order valence-corrected chi connectivity index (χ3v) is 4.25. The first-order valence-electron chi connectivity index (χ1n) is 8.16. The number of nitrogens with zero attached hydrogens (tertiary/aromatic N) is 3. The second-order valence-electron chi connectivity index (χ2n) is 5.90. The predicted molar refractivity (Wildman–Crippen MR) is 105 cm³/mol. The minimum atomic E-state index is -0.316. The van der Waals surface area contributed by atoms with Gasteiger partial charge in [0.15, 0.2) is 5.11 Å². The van der Waals surface area contributed by atoms with E-state index < -0.39 is 0 Å². The van der Waals surface area contributed by atoms with Crippen molar-refractivity contribution in [2.75, 3.05) is 36.0 Å². The van der Waals surface area contributed by atoms with Crippen LogP contribution in [0.3, 0.4) is 0 Å². The molecule has 0 bridgehead atoms. The van der Waals surface area contributed by atoms with Crippen molar-refractivity contribution in [2.24, 2.45) is 10.8 Å². The molecule has 3 rings (SSSR count). The van der Waals surface area contributed by atoms with Crippen molar-refractivity contribution in [1.82, 2.24) is 5.43 Å². The van der Waals surface area contributed by atoms with Crippen LogP contribution in [0.2, 0.25) is 0 Å². The van der Waals surface area contributed by atoms with Crippen LogP contribution in [-0.2, 0) is 0 Å². The monoisotopic (exact) mass is 375 g/mol. The lowest BCUT2D eigenvalue weighted by Gasteiger charge is -2.37. The fourth-order valence-electron chi connectivity index (χ4n) is 2.91. The summed E-state index contributed by atoms with van der Waals surface area (Å²) in [5.41, 5.74) is 9.70. The van der Waals surface area contributed by atoms with Crippen molar-refractivity contribution < 1.29 is 8.78 Å². The van der Waals surface area contributed by atoms with Crippen LogP contribution < -0.4 is 21.0 Å². The predicted octanol–water partition coefficient (Wildman–Crippen LogP) is 2.46. The Hall–Kier alpha value is -2.74. The Bertz CT molecular complexity index is 819. The van der Waals surface area contributed by atoms with E-state index in [2.05, 4.69) is 27.6 Å². The zero-order chi connectivity index (χ0) is 18.5. The quantitative estimate of drug-likeness (QED) is 0.488. The number of nitrogens with one attached hydrogen (secondary N) is 1. The molecule has 0 spiro atoms. The second kappa shape index (κ2) is 8.09. The lowest BCUT2D eigenvalue weighted by molar-refractivity contribution is 0.595. The zero-order valence-corrected chi connectivity index (χ0v) is 14.8. The van der Waals surface area contributed by atoms with Crippen LogP contribution in [0.15, 0.2) is 47.6 Å². The van der Waals surface area contributed by atoms with Gasteiger partial charge in [0.05, 0.1) is 11.9 Å². The first-order valence-corrected chi connectivity index (χ1v) is 8.57. The molecule has 1 aliphatic heterocycles. The van der Waals surface area contributed by atoms with Crippen molar-refractivity contribution in [3.05, 3.63) is 59.7 Å². The Labute approximate surface area is 156 Å². The molecule has 3 N–H and O–H groups in total. The zero-order valence-electron chi connectivity index (χ0n) is 14.0. The maximum Gasteiger partial charge on any atom is 0.184 e. The molecule has 0 atom stereocenters. The van der Waals surface area contributed by atoms with Crippen LogP contribution in [0.25, 0.3) is 0 Å². The Kier molecular flexibility index (Phi) is 5.62. The number of halogens is 2. The summed E-state index contributed by atoms with van der Waals surface area (Å²) < 4.78 is 27.8. The first-order chi connectivity index (χ1) is 12.5. The highest BCUT2D eigenvalue weighted by Crippen LogP contribution is 2.24. The molecule has 0 unspecified atom stereocenters. The Morgan fingerprint density at radius 2 is 1.81 bits per heavy atom. The van der Waals surface area contributed by atoms with Crippen LogP contribution in [0, 0.1) is 11.6 Å². The molecule has 1 fully saturated rings. The van der Waals surface area contributed by atoms with E-state index in [9.17, 15) is 8.78 Å². The van der Waals surface area contributed by atoms with Crippen LogP contribution >= 0.6 is 12.2 Å². The summed E-state index contributed by atoms with van der Waals surface area (Å²) in [6, 6.07) is 11.5. The molecule has 0 amide bonds. The van der Waals surface area contributed by atoms with Crippen molar-refractivity contribution in [1.29, 1.82) is 0 Å². The average molecular weight is 375 g/mol. The van der Waals surface area contributed by atoms with Crippen LogP contribution in [0.4, 0.5) is 20.2 Å². The van der Waals surface area contributed by atoms with Gasteiger partial charge in [0.1, 0.15) is 11.6 Å². The molecule has 136 valence electrons. The Morgan fingerprint density at radius 3 is 2.46 bits per heavy atom. The van der Waals surface area contributed by atoms with Gasteiger partial charge in [-0.25, -0.2) is 8.78 Å². The van der Waals surface area contributed by atoms with Gasteiger partial charge in [-0.3, -0.25) is 5.43 Å². The Balaban J connectivity index is 1.64. The summed E-state index contributed by atoms with van der Waals surface area (Å²) in [6.45, 7) is 2.71. The van der Waals surface area contributed by atoms with Crippen LogP contribution in [0.5, 0.6) is 0 Å². The second-order valence-corrected chi connectivity index (χ2v) is 6.34. The van der Waals surface area contributed by atoms with E-state index in [0.29, 0.717) is 37.4 Å². The van der Waals surface area contributed by atoms with E-state index in [1.165, 1.54) is 24.4 Å². The molecule has 1 aliphatic rings. The highest BCUT2D eigenvalue weighted by molar-refractivity contribution is 7.80. The van der Waals surface area contributed by atoms with E-state index in [4.69, 9.17) is 5.73 Å². The van der Waals surface area contributed by atoms with E-state index in [-0.39, 0.29) is 16.7 Å². The lowest BCUT2D eigenvalue weighted by atomic mass is 10.1. The number of piperazine rings is 1. The summed E-state index contributed by atoms with van der Waals surface area (Å²) in [7, 11) is 0. The molecule has 5 nitrogen and oxygen atoms in total. The number of benzene rings is 2. The summed E-state index contributed by atoms with van der Waals surface area (Å²) in [6.07, 6.45) is 1.45. The number of hydrogen-bond acceptors (Lipinski definition) is 4. The van der Waals surface area contributed by atoms with Crippen LogP contribution in [-0.4, -0.2) is 37.5 Å². The highest BCUT2D eigenvalue weighted by atomic mass is 32.1. The maximum absolute atomic E-state index is 14.5. The maximum atomic E-state index is 14.5. The largest absolute Gasteiger partial charge is 0.375 e. The molecule has 0 aliphatic carbocycles. The molecule has 8 heteroatoms. The van der Waals surface area contributed by atoms with E-state index in [1.807, 2.05) is 11.0 Å². The topological polar surface area (TPSA) is 56.9 Å². The molecule has 1 saturated heterocycles. The van der Waals surface area contributed by atoms with Crippen molar-refractivity contribution in [2.45, 2.75) is 0 Å². The summed E-state index contributed by atoms with van der Waals surface area (Å²) in [4.78, 5) is 4.08. The van der Waals surface area contributed by atoms with Gasteiger partial charge in [0.25, 0.3) is 0 Å².